The Kier molecular flexibility index (Phi) is 5.86. The number of aromatic nitrogens is 1. The molecule has 1 aliphatic rings. The van der Waals surface area contributed by atoms with Gasteiger partial charge in [0.25, 0.3) is 0 Å². The molecule has 5 N–H and O–H groups in total. The fraction of sp³-hybridized carbons (Fsp3) is 0.381. The van der Waals surface area contributed by atoms with E-state index < -0.39 is 5.67 Å². The van der Waals surface area contributed by atoms with Gasteiger partial charge in [0.2, 0.25) is 0 Å². The molecule has 2 heterocycles. The van der Waals surface area contributed by atoms with Crippen molar-refractivity contribution in [1.29, 1.82) is 0 Å². The first-order chi connectivity index (χ1) is 13.3. The van der Waals surface area contributed by atoms with Crippen molar-refractivity contribution < 1.29 is 4.39 Å². The van der Waals surface area contributed by atoms with Crippen molar-refractivity contribution in [2.75, 3.05) is 32.0 Å². The van der Waals surface area contributed by atoms with E-state index in [4.69, 9.17) is 11.6 Å². The molecule has 0 radical (unpaired) electrons. The normalized spacial score (nSPS) is 17.5. The molecule has 0 atom stereocenters. The molecule has 0 bridgehead atoms. The second kappa shape index (κ2) is 8.16. The van der Waals surface area contributed by atoms with E-state index in [-0.39, 0.29) is 0 Å². The predicted octanol–water partition coefficient (Wildman–Crippen LogP) is 3.05. The Morgan fingerprint density at radius 1 is 1.36 bits per heavy atom. The van der Waals surface area contributed by atoms with Gasteiger partial charge in [0.15, 0.2) is 5.67 Å². The lowest BCUT2D eigenvalue weighted by Crippen LogP contribution is -2.43. The molecule has 0 unspecified atom stereocenters. The summed E-state index contributed by atoms with van der Waals surface area (Å²) in [5.41, 5.74) is 6.46. The summed E-state index contributed by atoms with van der Waals surface area (Å²) in [5, 5.41) is 6.42. The van der Waals surface area contributed by atoms with E-state index in [9.17, 15) is 0 Å². The third kappa shape index (κ3) is 4.43. The second-order valence-corrected chi connectivity index (χ2v) is 7.38. The van der Waals surface area contributed by atoms with Gasteiger partial charge < -0.3 is 21.0 Å². The van der Waals surface area contributed by atoms with Crippen LogP contribution in [0.1, 0.15) is 25.3 Å². The molecular weight excluding hydrogens is 355 g/mol. The van der Waals surface area contributed by atoms with Crippen molar-refractivity contribution in [2.24, 2.45) is 11.6 Å². The Morgan fingerprint density at radius 3 is 2.71 bits per heavy atom. The number of halogens is 1. The number of anilines is 1. The highest BCUT2D eigenvalue weighted by Crippen LogP contribution is 2.33. The number of likely N-dealkylation sites (tertiary alicyclic amines) is 1. The van der Waals surface area contributed by atoms with E-state index in [1.165, 1.54) is 5.01 Å². The van der Waals surface area contributed by atoms with E-state index in [1.807, 2.05) is 24.3 Å². The molecule has 6 nitrogen and oxygen atoms in total. The molecule has 0 aliphatic carbocycles. The van der Waals surface area contributed by atoms with Crippen LogP contribution >= 0.6 is 0 Å². The van der Waals surface area contributed by atoms with Crippen LogP contribution in [-0.4, -0.2) is 47.2 Å². The molecule has 1 aliphatic heterocycles. The Balaban J connectivity index is 1.79. The fourth-order valence-corrected chi connectivity index (χ4v) is 3.47. The van der Waals surface area contributed by atoms with Crippen molar-refractivity contribution in [3.05, 3.63) is 54.5 Å². The third-order valence-electron chi connectivity index (χ3n) is 5.31. The first-order valence-electron chi connectivity index (χ1n) is 9.53. The molecule has 1 fully saturated rings. The summed E-state index contributed by atoms with van der Waals surface area (Å²) in [6.45, 7) is 8.48. The third-order valence-corrected chi connectivity index (χ3v) is 5.31. The van der Waals surface area contributed by atoms with Crippen LogP contribution in [0.4, 0.5) is 10.2 Å². The molecule has 0 amide bonds. The Morgan fingerprint density at radius 2 is 2.07 bits per heavy atom. The van der Waals surface area contributed by atoms with E-state index in [0.717, 1.165) is 36.0 Å². The number of pyridine rings is 1. The first-order valence-corrected chi connectivity index (χ1v) is 9.53. The van der Waals surface area contributed by atoms with Gasteiger partial charge in [0, 0.05) is 43.6 Å². The second-order valence-electron chi connectivity index (χ2n) is 7.38. The maximum absolute atomic E-state index is 15.3. The minimum absolute atomic E-state index is 0.371. The van der Waals surface area contributed by atoms with Crippen LogP contribution in [0.3, 0.4) is 0 Å². The van der Waals surface area contributed by atoms with Gasteiger partial charge in [-0.1, -0.05) is 25.6 Å². The zero-order valence-corrected chi connectivity index (χ0v) is 16.6. The Hall–Kier alpha value is -2.64. The predicted molar refractivity (Wildman–Crippen MR) is 114 cm³/mol. The van der Waals surface area contributed by atoms with Crippen LogP contribution in [-0.2, 0) is 0 Å². The van der Waals surface area contributed by atoms with Gasteiger partial charge in [0.05, 0.1) is 5.70 Å². The van der Waals surface area contributed by atoms with Gasteiger partial charge in [-0.15, -0.1) is 0 Å². The van der Waals surface area contributed by atoms with Crippen LogP contribution in [0.25, 0.3) is 16.5 Å². The van der Waals surface area contributed by atoms with Crippen LogP contribution in [0.15, 0.2) is 48.9 Å². The minimum atomic E-state index is -1.41. The number of fused-ring (bicyclic) bond motifs is 1. The lowest BCUT2D eigenvalue weighted by atomic mass is 9.90. The molecule has 0 spiro atoms. The number of nitrogens with zero attached hydrogens (tertiary/aromatic N) is 3. The first kappa shape index (κ1) is 20.1. The van der Waals surface area contributed by atoms with Crippen molar-refractivity contribution in [3.8, 4) is 0 Å². The van der Waals surface area contributed by atoms with Crippen LogP contribution in [0.5, 0.6) is 0 Å². The minimum Gasteiger partial charge on any atom is -0.397 e. The van der Waals surface area contributed by atoms with Crippen molar-refractivity contribution >= 4 is 22.3 Å². The lowest BCUT2D eigenvalue weighted by Gasteiger charge is -2.37. The summed E-state index contributed by atoms with van der Waals surface area (Å²) in [4.78, 5) is 6.65. The van der Waals surface area contributed by atoms with E-state index in [0.29, 0.717) is 30.1 Å². The van der Waals surface area contributed by atoms with Gasteiger partial charge in [-0.2, -0.15) is 0 Å². The summed E-state index contributed by atoms with van der Waals surface area (Å²) >= 11 is 0. The summed E-state index contributed by atoms with van der Waals surface area (Å²) in [6.07, 6.45) is 4.30. The average molecular weight is 385 g/mol. The summed E-state index contributed by atoms with van der Waals surface area (Å²) in [5.74, 6) is 6.20. The standard InChI is InChI=1S/C21H29FN6/c1-4-28-9-7-21(22,8-10-28)15(2)26-20-12-18-11-16(19(23)14-27(3)24)5-6-17(18)13-25-20/h5-6,11-14H,2,4,7-10,23-24H2,1,3H3,(H,25,26)/b19-14-. The largest absolute Gasteiger partial charge is 0.397 e. The van der Waals surface area contributed by atoms with Crippen LogP contribution in [0.2, 0.25) is 0 Å². The number of rotatable bonds is 6. The van der Waals surface area contributed by atoms with Gasteiger partial charge in [-0.05, 0) is 42.5 Å². The molecule has 1 saturated heterocycles. The Bertz CT molecular complexity index is 884. The molecule has 1 aromatic heterocycles. The maximum atomic E-state index is 15.3. The van der Waals surface area contributed by atoms with Crippen molar-refractivity contribution in [1.82, 2.24) is 14.9 Å². The smallest absolute Gasteiger partial charge is 0.152 e. The molecule has 3 rings (SSSR count). The molecule has 28 heavy (non-hydrogen) atoms. The van der Waals surface area contributed by atoms with Crippen LogP contribution in [0, 0.1) is 0 Å². The quantitative estimate of drug-likeness (QED) is 0.524. The van der Waals surface area contributed by atoms with Crippen molar-refractivity contribution in [2.45, 2.75) is 25.4 Å². The molecule has 0 saturated carbocycles. The van der Waals surface area contributed by atoms with E-state index in [2.05, 4.69) is 28.7 Å². The number of nitrogens with one attached hydrogen (secondary N) is 1. The Labute approximate surface area is 165 Å². The number of alkyl halides is 1. The maximum Gasteiger partial charge on any atom is 0.152 e. The SMILES string of the molecule is C=C(Nc1cc2cc(/C(N)=C/N(C)N)ccc2cn1)C1(F)CCN(CC)CC1. The molecule has 7 heteroatoms. The molecule has 2 aromatic rings. The monoisotopic (exact) mass is 384 g/mol. The summed E-state index contributed by atoms with van der Waals surface area (Å²) < 4.78 is 15.3. The van der Waals surface area contributed by atoms with E-state index >= 15 is 4.39 Å². The number of hydrogen-bond donors (Lipinski definition) is 3. The number of nitrogens with two attached hydrogens (primary N) is 2. The average Bonchev–Trinajstić information content (AvgIpc) is 2.67. The highest BCUT2D eigenvalue weighted by atomic mass is 19.1. The highest BCUT2D eigenvalue weighted by molar-refractivity contribution is 5.87. The zero-order valence-electron chi connectivity index (χ0n) is 16.6. The van der Waals surface area contributed by atoms with Crippen molar-refractivity contribution in [3.63, 3.8) is 0 Å². The fourth-order valence-electron chi connectivity index (χ4n) is 3.47. The number of piperidine rings is 1. The molecule has 150 valence electrons. The topological polar surface area (TPSA) is 83.4 Å². The number of allylic oxidation sites excluding steroid dienone is 1. The van der Waals surface area contributed by atoms with Gasteiger partial charge in [0.1, 0.15) is 5.82 Å². The summed E-state index contributed by atoms with van der Waals surface area (Å²) in [7, 11) is 1.71. The number of hydrogen-bond acceptors (Lipinski definition) is 6. The molecule has 1 aromatic carbocycles. The lowest BCUT2D eigenvalue weighted by molar-refractivity contribution is 0.0922. The number of hydrazine groups is 1. The van der Waals surface area contributed by atoms with E-state index in [1.54, 1.807) is 19.4 Å². The number of benzene rings is 1. The molecular formula is C21H29FN6. The summed E-state index contributed by atoms with van der Waals surface area (Å²) in [6, 6.07) is 7.72. The van der Waals surface area contributed by atoms with Crippen LogP contribution < -0.4 is 16.9 Å². The zero-order chi connectivity index (χ0) is 20.3. The van der Waals surface area contributed by atoms with Gasteiger partial charge in [-0.3, -0.25) is 0 Å². The highest BCUT2D eigenvalue weighted by Gasteiger charge is 2.37. The van der Waals surface area contributed by atoms with Gasteiger partial charge in [-0.25, -0.2) is 15.2 Å². The van der Waals surface area contributed by atoms with Gasteiger partial charge >= 0.3 is 0 Å².